The number of hydrogen-bond acceptors (Lipinski definition) is 3. The Balaban J connectivity index is 1.80. The predicted octanol–water partition coefficient (Wildman–Crippen LogP) is 4.13. The van der Waals surface area contributed by atoms with Gasteiger partial charge in [-0.2, -0.15) is 0 Å². The van der Waals surface area contributed by atoms with Crippen molar-refractivity contribution in [3.8, 4) is 0 Å². The van der Waals surface area contributed by atoms with E-state index in [1.165, 1.54) is 6.26 Å². The fourth-order valence-electron chi connectivity index (χ4n) is 2.34. The van der Waals surface area contributed by atoms with Crippen molar-refractivity contribution in [2.45, 2.75) is 6.54 Å². The minimum absolute atomic E-state index is 0.151. The SMILES string of the molecule is O=C(NCc1ccco1)/C(=C\c1ccc(Br)cc1)NC(=O)c1ccccc1. The largest absolute Gasteiger partial charge is 0.467 e. The number of rotatable bonds is 6. The van der Waals surface area contributed by atoms with Crippen LogP contribution in [0.3, 0.4) is 0 Å². The van der Waals surface area contributed by atoms with E-state index in [4.69, 9.17) is 4.42 Å². The molecule has 0 unspecified atom stereocenters. The summed E-state index contributed by atoms with van der Waals surface area (Å²) < 4.78 is 6.15. The van der Waals surface area contributed by atoms with Gasteiger partial charge in [-0.25, -0.2) is 0 Å². The third-order valence-electron chi connectivity index (χ3n) is 3.71. The molecule has 0 aliphatic rings. The molecule has 1 aromatic heterocycles. The molecule has 6 heteroatoms. The van der Waals surface area contributed by atoms with Crippen LogP contribution in [0.4, 0.5) is 0 Å². The number of furan rings is 1. The van der Waals surface area contributed by atoms with Crippen LogP contribution in [0.5, 0.6) is 0 Å². The van der Waals surface area contributed by atoms with Crippen molar-refractivity contribution in [1.82, 2.24) is 10.6 Å². The Morgan fingerprint density at radius 2 is 1.70 bits per heavy atom. The summed E-state index contributed by atoms with van der Waals surface area (Å²) in [6.45, 7) is 0.227. The normalized spacial score (nSPS) is 11.1. The first-order chi connectivity index (χ1) is 13.1. The zero-order chi connectivity index (χ0) is 19.1. The molecule has 5 nitrogen and oxygen atoms in total. The molecule has 136 valence electrons. The molecule has 2 amide bonds. The van der Waals surface area contributed by atoms with E-state index in [-0.39, 0.29) is 18.1 Å². The van der Waals surface area contributed by atoms with Crippen molar-refractivity contribution in [3.63, 3.8) is 0 Å². The average Bonchev–Trinajstić information content (AvgIpc) is 3.21. The van der Waals surface area contributed by atoms with E-state index in [9.17, 15) is 9.59 Å². The highest BCUT2D eigenvalue weighted by atomic mass is 79.9. The lowest BCUT2D eigenvalue weighted by atomic mass is 10.1. The molecule has 0 aliphatic heterocycles. The van der Waals surface area contributed by atoms with Crippen LogP contribution in [0.2, 0.25) is 0 Å². The maximum atomic E-state index is 12.6. The van der Waals surface area contributed by atoms with Gasteiger partial charge in [0.1, 0.15) is 11.5 Å². The molecule has 3 rings (SSSR count). The Hall–Kier alpha value is -3.12. The van der Waals surface area contributed by atoms with E-state index < -0.39 is 5.91 Å². The van der Waals surface area contributed by atoms with Crippen molar-refractivity contribution in [2.75, 3.05) is 0 Å². The highest BCUT2D eigenvalue weighted by Gasteiger charge is 2.15. The fourth-order valence-corrected chi connectivity index (χ4v) is 2.61. The van der Waals surface area contributed by atoms with Crippen LogP contribution in [0.1, 0.15) is 21.7 Å². The van der Waals surface area contributed by atoms with Crippen LogP contribution in [0.15, 0.2) is 87.6 Å². The van der Waals surface area contributed by atoms with E-state index in [0.29, 0.717) is 11.3 Å². The third-order valence-corrected chi connectivity index (χ3v) is 4.24. The smallest absolute Gasteiger partial charge is 0.268 e. The minimum Gasteiger partial charge on any atom is -0.467 e. The van der Waals surface area contributed by atoms with E-state index in [2.05, 4.69) is 26.6 Å². The standard InChI is InChI=1S/C21H17BrN2O3/c22-17-10-8-15(9-11-17)13-19(21(26)23-14-18-7-4-12-27-18)24-20(25)16-5-2-1-3-6-16/h1-13H,14H2,(H,23,26)(H,24,25)/b19-13+. The van der Waals surface area contributed by atoms with Crippen LogP contribution in [0, 0.1) is 0 Å². The zero-order valence-corrected chi connectivity index (χ0v) is 15.9. The number of halogens is 1. The minimum atomic E-state index is -0.404. The van der Waals surface area contributed by atoms with E-state index >= 15 is 0 Å². The van der Waals surface area contributed by atoms with Gasteiger partial charge in [0, 0.05) is 10.0 Å². The second-order valence-electron chi connectivity index (χ2n) is 5.69. The van der Waals surface area contributed by atoms with Gasteiger partial charge in [-0.1, -0.05) is 46.3 Å². The number of carbonyl (C=O) groups excluding carboxylic acids is 2. The molecule has 3 aromatic rings. The van der Waals surface area contributed by atoms with E-state index in [1.807, 2.05) is 30.3 Å². The molecule has 0 aliphatic carbocycles. The number of benzene rings is 2. The molecular formula is C21H17BrN2O3. The lowest BCUT2D eigenvalue weighted by Gasteiger charge is -2.11. The average molecular weight is 425 g/mol. The fraction of sp³-hybridized carbons (Fsp3) is 0.0476. The summed E-state index contributed by atoms with van der Waals surface area (Å²) in [6.07, 6.45) is 3.17. The van der Waals surface area contributed by atoms with Gasteiger partial charge < -0.3 is 15.1 Å². The molecule has 1 heterocycles. The summed E-state index contributed by atoms with van der Waals surface area (Å²) in [5.74, 6) is -0.133. The second-order valence-corrected chi connectivity index (χ2v) is 6.61. The molecule has 2 aromatic carbocycles. The highest BCUT2D eigenvalue weighted by molar-refractivity contribution is 9.10. The summed E-state index contributed by atoms with van der Waals surface area (Å²) >= 11 is 3.38. The van der Waals surface area contributed by atoms with E-state index in [0.717, 1.165) is 10.0 Å². The topological polar surface area (TPSA) is 71.3 Å². The van der Waals surface area contributed by atoms with Crippen molar-refractivity contribution in [1.29, 1.82) is 0 Å². The van der Waals surface area contributed by atoms with Gasteiger partial charge in [0.15, 0.2) is 0 Å². The number of hydrogen-bond donors (Lipinski definition) is 2. The lowest BCUT2D eigenvalue weighted by molar-refractivity contribution is -0.118. The van der Waals surface area contributed by atoms with Crippen molar-refractivity contribution in [3.05, 3.63) is 100 Å². The first-order valence-electron chi connectivity index (χ1n) is 8.26. The van der Waals surface area contributed by atoms with Gasteiger partial charge in [-0.3, -0.25) is 9.59 Å². The molecule has 27 heavy (non-hydrogen) atoms. The molecule has 0 fully saturated rings. The summed E-state index contributed by atoms with van der Waals surface area (Å²) in [5, 5.41) is 5.44. The van der Waals surface area contributed by atoms with Crippen LogP contribution >= 0.6 is 15.9 Å². The second kappa shape index (κ2) is 9.00. The number of carbonyl (C=O) groups is 2. The summed E-state index contributed by atoms with van der Waals surface area (Å²) in [4.78, 5) is 25.1. The summed E-state index contributed by atoms with van der Waals surface area (Å²) in [5.41, 5.74) is 1.41. The first kappa shape index (κ1) is 18.7. The van der Waals surface area contributed by atoms with Gasteiger partial charge in [-0.15, -0.1) is 0 Å². The highest BCUT2D eigenvalue weighted by Crippen LogP contribution is 2.13. The molecule has 0 radical (unpaired) electrons. The van der Waals surface area contributed by atoms with Gasteiger partial charge >= 0.3 is 0 Å². The molecule has 0 saturated carbocycles. The van der Waals surface area contributed by atoms with Crippen molar-refractivity contribution in [2.24, 2.45) is 0 Å². The number of nitrogens with one attached hydrogen (secondary N) is 2. The third kappa shape index (κ3) is 5.43. The van der Waals surface area contributed by atoms with Gasteiger partial charge in [0.05, 0.1) is 12.8 Å². The van der Waals surface area contributed by atoms with Crippen LogP contribution in [-0.2, 0) is 11.3 Å². The lowest BCUT2D eigenvalue weighted by Crippen LogP contribution is -2.34. The van der Waals surface area contributed by atoms with Crippen molar-refractivity contribution < 1.29 is 14.0 Å². The Morgan fingerprint density at radius 1 is 0.963 bits per heavy atom. The molecule has 0 atom stereocenters. The van der Waals surface area contributed by atoms with Crippen LogP contribution in [0.25, 0.3) is 6.08 Å². The molecule has 0 saturated heterocycles. The monoisotopic (exact) mass is 424 g/mol. The first-order valence-corrected chi connectivity index (χ1v) is 9.05. The molecule has 2 N–H and O–H groups in total. The molecular weight excluding hydrogens is 408 g/mol. The number of amides is 2. The Kier molecular flexibility index (Phi) is 6.22. The van der Waals surface area contributed by atoms with Gasteiger partial charge in [-0.05, 0) is 48.0 Å². The maximum Gasteiger partial charge on any atom is 0.268 e. The molecule has 0 spiro atoms. The summed E-state index contributed by atoms with van der Waals surface area (Å²) in [6, 6.07) is 19.7. The van der Waals surface area contributed by atoms with Crippen LogP contribution in [-0.4, -0.2) is 11.8 Å². The Morgan fingerprint density at radius 3 is 2.37 bits per heavy atom. The predicted molar refractivity (Wildman–Crippen MR) is 107 cm³/mol. The quantitative estimate of drug-likeness (QED) is 0.584. The Labute approximate surface area is 165 Å². The van der Waals surface area contributed by atoms with Gasteiger partial charge in [0.2, 0.25) is 0 Å². The summed E-state index contributed by atoms with van der Waals surface area (Å²) in [7, 11) is 0. The van der Waals surface area contributed by atoms with Crippen LogP contribution < -0.4 is 10.6 Å². The Bertz CT molecular complexity index is 933. The van der Waals surface area contributed by atoms with E-state index in [1.54, 1.807) is 42.5 Å². The maximum absolute atomic E-state index is 12.6. The van der Waals surface area contributed by atoms with Crippen molar-refractivity contribution >= 4 is 33.8 Å². The van der Waals surface area contributed by atoms with Gasteiger partial charge in [0.25, 0.3) is 11.8 Å². The zero-order valence-electron chi connectivity index (χ0n) is 14.3. The molecule has 0 bridgehead atoms.